The van der Waals surface area contributed by atoms with Crippen molar-refractivity contribution in [2.75, 3.05) is 6.61 Å². The Morgan fingerprint density at radius 1 is 1.33 bits per heavy atom. The van der Waals surface area contributed by atoms with Gasteiger partial charge < -0.3 is 9.84 Å². The van der Waals surface area contributed by atoms with Crippen LogP contribution in [0.4, 0.5) is 0 Å². The molecule has 4 heteroatoms. The maximum absolute atomic E-state index is 11.3. The number of esters is 1. The molecule has 88 valence electrons. The number of carboxylic acid groups (broad SMARTS) is 1. The molecule has 0 aliphatic rings. The van der Waals surface area contributed by atoms with E-state index in [9.17, 15) is 9.59 Å². The van der Waals surface area contributed by atoms with Gasteiger partial charge in [-0.25, -0.2) is 0 Å². The van der Waals surface area contributed by atoms with Crippen LogP contribution in [0.2, 0.25) is 0 Å². The molecule has 4 nitrogen and oxygen atoms in total. The van der Waals surface area contributed by atoms with Crippen molar-refractivity contribution in [3.8, 4) is 0 Å². The lowest BCUT2D eigenvalue weighted by molar-refractivity contribution is -0.157. The molecule has 0 rings (SSSR count). The van der Waals surface area contributed by atoms with Gasteiger partial charge in [-0.3, -0.25) is 9.59 Å². The second kappa shape index (κ2) is 6.43. The van der Waals surface area contributed by atoms with Crippen LogP contribution < -0.4 is 0 Å². The van der Waals surface area contributed by atoms with Gasteiger partial charge in [0.15, 0.2) is 0 Å². The molecule has 1 N–H and O–H groups in total. The largest absolute Gasteiger partial charge is 0.481 e. The SMILES string of the molecule is CCCCOC(=O)CC(C)(CC)C(=O)O. The van der Waals surface area contributed by atoms with Crippen LogP contribution in [0.5, 0.6) is 0 Å². The highest BCUT2D eigenvalue weighted by Gasteiger charge is 2.34. The van der Waals surface area contributed by atoms with Gasteiger partial charge in [-0.2, -0.15) is 0 Å². The third-order valence-electron chi connectivity index (χ3n) is 2.59. The van der Waals surface area contributed by atoms with Crippen molar-refractivity contribution in [1.82, 2.24) is 0 Å². The smallest absolute Gasteiger partial charge is 0.309 e. The van der Waals surface area contributed by atoms with Gasteiger partial charge in [0.2, 0.25) is 0 Å². The van der Waals surface area contributed by atoms with E-state index in [1.165, 1.54) is 0 Å². The van der Waals surface area contributed by atoms with E-state index in [1.54, 1.807) is 13.8 Å². The molecule has 0 fully saturated rings. The number of hydrogen-bond donors (Lipinski definition) is 1. The van der Waals surface area contributed by atoms with Crippen LogP contribution in [0, 0.1) is 5.41 Å². The minimum atomic E-state index is -0.997. The molecule has 0 saturated carbocycles. The summed E-state index contributed by atoms with van der Waals surface area (Å²) in [5.41, 5.74) is -0.997. The van der Waals surface area contributed by atoms with Gasteiger partial charge in [0, 0.05) is 0 Å². The highest BCUT2D eigenvalue weighted by atomic mass is 16.5. The fourth-order valence-corrected chi connectivity index (χ4v) is 1.05. The predicted molar refractivity (Wildman–Crippen MR) is 56.5 cm³/mol. The summed E-state index contributed by atoms with van der Waals surface area (Å²) >= 11 is 0. The van der Waals surface area contributed by atoms with Gasteiger partial charge in [-0.05, 0) is 19.8 Å². The molecule has 1 unspecified atom stereocenters. The fraction of sp³-hybridized carbons (Fsp3) is 0.818. The Morgan fingerprint density at radius 2 is 1.93 bits per heavy atom. The van der Waals surface area contributed by atoms with Crippen molar-refractivity contribution in [2.45, 2.75) is 46.5 Å². The summed E-state index contributed by atoms with van der Waals surface area (Å²) in [7, 11) is 0. The quantitative estimate of drug-likeness (QED) is 0.523. The first-order valence-electron chi connectivity index (χ1n) is 5.35. The zero-order valence-corrected chi connectivity index (χ0v) is 9.71. The Kier molecular flexibility index (Phi) is 5.97. The maximum Gasteiger partial charge on any atom is 0.309 e. The first-order chi connectivity index (χ1) is 6.96. The topological polar surface area (TPSA) is 63.6 Å². The number of ether oxygens (including phenoxy) is 1. The summed E-state index contributed by atoms with van der Waals surface area (Å²) in [6.45, 7) is 5.71. The highest BCUT2D eigenvalue weighted by Crippen LogP contribution is 2.26. The molecule has 0 aliphatic heterocycles. The number of rotatable bonds is 7. The van der Waals surface area contributed by atoms with E-state index in [2.05, 4.69) is 0 Å². The zero-order valence-electron chi connectivity index (χ0n) is 9.71. The summed E-state index contributed by atoms with van der Waals surface area (Å²) in [6, 6.07) is 0. The number of unbranched alkanes of at least 4 members (excludes halogenated alkanes) is 1. The lowest BCUT2D eigenvalue weighted by Crippen LogP contribution is -2.30. The highest BCUT2D eigenvalue weighted by molar-refractivity contribution is 5.81. The molecule has 0 saturated heterocycles. The molecule has 0 aromatic heterocycles. The summed E-state index contributed by atoms with van der Waals surface area (Å²) in [4.78, 5) is 22.2. The lowest BCUT2D eigenvalue weighted by Gasteiger charge is -2.21. The Balaban J connectivity index is 4.08. The molecule has 0 spiro atoms. The van der Waals surface area contributed by atoms with Crippen molar-refractivity contribution < 1.29 is 19.4 Å². The first kappa shape index (κ1) is 13.9. The molecular weight excluding hydrogens is 196 g/mol. The molecule has 15 heavy (non-hydrogen) atoms. The van der Waals surface area contributed by atoms with Crippen LogP contribution in [-0.4, -0.2) is 23.7 Å². The normalized spacial score (nSPS) is 14.3. The van der Waals surface area contributed by atoms with E-state index >= 15 is 0 Å². The molecule has 0 bridgehead atoms. The third-order valence-corrected chi connectivity index (χ3v) is 2.59. The number of carbonyl (C=O) groups is 2. The number of hydrogen-bond acceptors (Lipinski definition) is 3. The minimum absolute atomic E-state index is 0.0530. The molecular formula is C11H20O4. The molecule has 0 radical (unpaired) electrons. The van der Waals surface area contributed by atoms with Gasteiger partial charge in [-0.15, -0.1) is 0 Å². The summed E-state index contributed by atoms with van der Waals surface area (Å²) in [5.74, 6) is -1.37. The van der Waals surface area contributed by atoms with Gasteiger partial charge in [0.25, 0.3) is 0 Å². The van der Waals surface area contributed by atoms with Crippen LogP contribution in [-0.2, 0) is 14.3 Å². The second-order valence-electron chi connectivity index (χ2n) is 3.97. The average Bonchev–Trinajstić information content (AvgIpc) is 2.17. The standard InChI is InChI=1S/C11H20O4/c1-4-6-7-15-9(12)8-11(3,5-2)10(13)14/h4-8H2,1-3H3,(H,13,14). The number of aliphatic carboxylic acids is 1. The van der Waals surface area contributed by atoms with Gasteiger partial charge in [0.05, 0.1) is 18.4 Å². The van der Waals surface area contributed by atoms with Crippen LogP contribution in [0.1, 0.15) is 46.5 Å². The van der Waals surface area contributed by atoms with Crippen molar-refractivity contribution in [3.63, 3.8) is 0 Å². The van der Waals surface area contributed by atoms with Gasteiger partial charge in [-0.1, -0.05) is 20.3 Å². The fourth-order valence-electron chi connectivity index (χ4n) is 1.05. The Bertz CT molecular complexity index is 225. The Labute approximate surface area is 90.6 Å². The van der Waals surface area contributed by atoms with E-state index in [0.29, 0.717) is 13.0 Å². The molecule has 0 aliphatic carbocycles. The van der Waals surface area contributed by atoms with E-state index in [-0.39, 0.29) is 6.42 Å². The number of carboxylic acids is 1. The van der Waals surface area contributed by atoms with Gasteiger partial charge in [0.1, 0.15) is 0 Å². The van der Waals surface area contributed by atoms with E-state index in [0.717, 1.165) is 12.8 Å². The lowest BCUT2D eigenvalue weighted by atomic mass is 9.84. The van der Waals surface area contributed by atoms with Gasteiger partial charge >= 0.3 is 11.9 Å². The van der Waals surface area contributed by atoms with E-state index in [4.69, 9.17) is 9.84 Å². The second-order valence-corrected chi connectivity index (χ2v) is 3.97. The number of carbonyl (C=O) groups excluding carboxylic acids is 1. The van der Waals surface area contributed by atoms with Crippen LogP contribution >= 0.6 is 0 Å². The molecule has 0 aromatic rings. The average molecular weight is 216 g/mol. The third kappa shape index (κ3) is 4.81. The molecule has 1 atom stereocenters. The Morgan fingerprint density at radius 3 is 2.33 bits per heavy atom. The van der Waals surface area contributed by atoms with Crippen molar-refractivity contribution in [2.24, 2.45) is 5.41 Å². The van der Waals surface area contributed by atoms with Crippen LogP contribution in [0.3, 0.4) is 0 Å². The molecule has 0 heterocycles. The summed E-state index contributed by atoms with van der Waals surface area (Å²) in [5, 5.41) is 8.95. The minimum Gasteiger partial charge on any atom is -0.481 e. The Hall–Kier alpha value is -1.06. The van der Waals surface area contributed by atoms with Crippen molar-refractivity contribution in [1.29, 1.82) is 0 Å². The molecule has 0 aromatic carbocycles. The zero-order chi connectivity index (χ0) is 11.9. The summed E-state index contributed by atoms with van der Waals surface area (Å²) < 4.78 is 4.93. The van der Waals surface area contributed by atoms with Crippen molar-refractivity contribution in [3.05, 3.63) is 0 Å². The monoisotopic (exact) mass is 216 g/mol. The van der Waals surface area contributed by atoms with Crippen LogP contribution in [0.15, 0.2) is 0 Å². The predicted octanol–water partition coefficient (Wildman–Crippen LogP) is 2.22. The van der Waals surface area contributed by atoms with E-state index in [1.807, 2.05) is 6.92 Å². The van der Waals surface area contributed by atoms with E-state index < -0.39 is 17.4 Å². The maximum atomic E-state index is 11.3. The summed E-state index contributed by atoms with van der Waals surface area (Å²) in [6.07, 6.45) is 2.15. The van der Waals surface area contributed by atoms with Crippen LogP contribution in [0.25, 0.3) is 0 Å². The first-order valence-corrected chi connectivity index (χ1v) is 5.35. The molecule has 0 amide bonds. The van der Waals surface area contributed by atoms with Crippen molar-refractivity contribution >= 4 is 11.9 Å².